The Balaban J connectivity index is 0.000000115. The monoisotopic (exact) mass is 1900 g/mol. The topological polar surface area (TPSA) is 38.7 Å². The van der Waals surface area contributed by atoms with Gasteiger partial charge in [-0.3, -0.25) is 15.0 Å². The van der Waals surface area contributed by atoms with Crippen LogP contribution in [0.1, 0.15) is 0 Å². The van der Waals surface area contributed by atoms with Crippen LogP contribution < -0.4 is 0 Å². The van der Waals surface area contributed by atoms with Gasteiger partial charge >= 0.3 is 0 Å². The van der Waals surface area contributed by atoms with E-state index in [1.54, 1.807) is 0 Å². The maximum absolute atomic E-state index is 4.58. The van der Waals surface area contributed by atoms with E-state index in [-0.39, 0.29) is 0 Å². The number of fused-ring (bicyclic) bond motifs is 9. The van der Waals surface area contributed by atoms with Gasteiger partial charge in [-0.05, 0) is 325 Å². The minimum Gasteiger partial charge on any atom is -0.264 e. The lowest BCUT2D eigenvalue weighted by atomic mass is 9.84. The van der Waals surface area contributed by atoms with Crippen molar-refractivity contribution in [2.45, 2.75) is 0 Å². The molecule has 28 aromatic rings. The molecule has 0 fully saturated rings. The van der Waals surface area contributed by atoms with Gasteiger partial charge in [-0.25, -0.2) is 0 Å². The highest BCUT2D eigenvalue weighted by Crippen LogP contribution is 2.51. The van der Waals surface area contributed by atoms with Gasteiger partial charge in [0, 0.05) is 36.5 Å². The molecule has 3 nitrogen and oxygen atoms in total. The quantitative estimate of drug-likeness (QED) is 0.0905. The fraction of sp³-hybridized carbons (Fsp3) is 0. The van der Waals surface area contributed by atoms with E-state index in [0.29, 0.717) is 0 Å². The zero-order chi connectivity index (χ0) is 99.6. The number of nitrogens with zero attached hydrogens (tertiary/aromatic N) is 3. The van der Waals surface area contributed by atoms with E-state index in [4.69, 9.17) is 0 Å². The highest BCUT2D eigenvalue weighted by atomic mass is 14.7. The van der Waals surface area contributed by atoms with Gasteiger partial charge in [-0.15, -0.1) is 0 Å². The zero-order valence-corrected chi connectivity index (χ0v) is 82.3. The molecule has 0 radical (unpaired) electrons. The summed E-state index contributed by atoms with van der Waals surface area (Å²) in [6.07, 6.45) is 9.31. The molecule has 0 amide bonds. The summed E-state index contributed by atoms with van der Waals surface area (Å²) in [5.74, 6) is 0. The van der Waals surface area contributed by atoms with Crippen molar-refractivity contribution in [3.63, 3.8) is 0 Å². The van der Waals surface area contributed by atoms with Crippen molar-refractivity contribution in [1.82, 2.24) is 15.0 Å². The second-order valence-electron chi connectivity index (χ2n) is 38.7. The second kappa shape index (κ2) is 40.1. The third kappa shape index (κ3) is 17.7. The number of rotatable bonds is 16. The van der Waals surface area contributed by atoms with Gasteiger partial charge in [-0.2, -0.15) is 0 Å². The Bertz CT molecular complexity index is 9880. The van der Waals surface area contributed by atoms with Gasteiger partial charge in [0.05, 0.1) is 5.69 Å². The largest absolute Gasteiger partial charge is 0.264 e. The number of aromatic nitrogens is 3. The van der Waals surface area contributed by atoms with E-state index in [1.807, 2.05) is 55.2 Å². The molecule has 0 aliphatic carbocycles. The minimum absolute atomic E-state index is 0.977. The molecule has 0 N–H and O–H groups in total. The Labute approximate surface area is 872 Å². The molecule has 150 heavy (non-hydrogen) atoms. The van der Waals surface area contributed by atoms with Gasteiger partial charge in [0.25, 0.3) is 0 Å². The summed E-state index contributed by atoms with van der Waals surface area (Å²) >= 11 is 0. The molecule has 3 heterocycles. The summed E-state index contributed by atoms with van der Waals surface area (Å²) in [5, 5.41) is 22.5. The first kappa shape index (κ1) is 90.3. The molecule has 0 aliphatic rings. The molecular weight excluding hydrogens is 1810 g/mol. The van der Waals surface area contributed by atoms with Crippen LogP contribution in [-0.4, -0.2) is 15.0 Å². The highest BCUT2D eigenvalue weighted by molar-refractivity contribution is 6.26. The average Bonchev–Trinajstić information content (AvgIpc) is 0.734. The Morgan fingerprint density at radius 1 is 0.100 bits per heavy atom. The number of hydrogen-bond donors (Lipinski definition) is 0. The first-order valence-electron chi connectivity index (χ1n) is 51.4. The third-order valence-corrected chi connectivity index (χ3v) is 29.9. The molecule has 0 saturated carbocycles. The first-order valence-corrected chi connectivity index (χ1v) is 51.4. The van der Waals surface area contributed by atoms with E-state index in [0.717, 1.165) is 27.9 Å². The standard InChI is InChI=1S/C57H37N.C49H33N.C41H27N/c1-3-11-46-35-48(30-22-38(46)9-1)40-18-26-44(27-19-40)56-51-13-5-6-14-52(51)57(45-28-20-41(21-29-45)49-31-23-39-10-2-4-12-47(39)36-49)54-37-50(32-33-53(54)56)42-16-24-43(25-17-42)55-15-7-8-34-58-55;1-3-10-34(11-4-1)36-21-25-40(26-22-36)48-44-15-7-8-16-45(44)49(41-27-23-37(24-28-41)35-12-5-2-6-13-35)47-32-42(29-30-46(47)48)38-17-19-39(20-18-38)43-14-9-31-50-33-43;1-2-10-31(11-3-1)40-36-14-6-7-15-37(36)41(34-21-20-28-9-4-5-12-32(28)25-34)39-26-33(22-23-38(39)40)29-16-18-30(19-17-29)35-13-8-24-42-27-35/h1-37H;1-33H;1-27H. The van der Waals surface area contributed by atoms with Crippen molar-refractivity contribution in [3.8, 4) is 178 Å². The predicted molar refractivity (Wildman–Crippen MR) is 637 cm³/mol. The molecule has 3 aromatic heterocycles. The molecule has 0 aliphatic heterocycles. The van der Waals surface area contributed by atoms with Crippen LogP contribution in [0, 0.1) is 0 Å². The lowest BCUT2D eigenvalue weighted by Gasteiger charge is -2.19. The summed E-state index contributed by atoms with van der Waals surface area (Å²) in [4.78, 5) is 13.2. The Morgan fingerprint density at radius 3 is 0.607 bits per heavy atom. The van der Waals surface area contributed by atoms with Crippen molar-refractivity contribution in [2.75, 3.05) is 0 Å². The molecular formula is C147H97N3. The van der Waals surface area contributed by atoms with Crippen LogP contribution in [0.15, 0.2) is 589 Å². The fourth-order valence-corrected chi connectivity index (χ4v) is 22.4. The fourth-order valence-electron chi connectivity index (χ4n) is 22.4. The van der Waals surface area contributed by atoms with Crippen molar-refractivity contribution >= 4 is 97.0 Å². The molecule has 3 heteroatoms. The van der Waals surface area contributed by atoms with E-state index >= 15 is 0 Å². The number of hydrogen-bond acceptors (Lipinski definition) is 3. The molecule has 0 saturated heterocycles. The van der Waals surface area contributed by atoms with Crippen LogP contribution in [0.5, 0.6) is 0 Å². The van der Waals surface area contributed by atoms with Gasteiger partial charge in [0.1, 0.15) is 0 Å². The molecule has 0 unspecified atom stereocenters. The molecule has 28 rings (SSSR count). The van der Waals surface area contributed by atoms with Crippen LogP contribution >= 0.6 is 0 Å². The summed E-state index contributed by atoms with van der Waals surface area (Å²) in [7, 11) is 0. The zero-order valence-electron chi connectivity index (χ0n) is 82.3. The van der Waals surface area contributed by atoms with Gasteiger partial charge in [-0.1, -0.05) is 497 Å². The molecule has 0 spiro atoms. The van der Waals surface area contributed by atoms with Gasteiger partial charge < -0.3 is 0 Å². The minimum atomic E-state index is 0.977. The van der Waals surface area contributed by atoms with E-state index in [1.165, 1.54) is 247 Å². The molecule has 0 bridgehead atoms. The maximum atomic E-state index is 4.58. The highest BCUT2D eigenvalue weighted by Gasteiger charge is 2.24. The van der Waals surface area contributed by atoms with Crippen molar-refractivity contribution in [3.05, 3.63) is 589 Å². The summed E-state index contributed by atoms with van der Waals surface area (Å²) in [6.45, 7) is 0. The summed E-state index contributed by atoms with van der Waals surface area (Å²) in [5.41, 5.74) is 38.4. The van der Waals surface area contributed by atoms with Crippen LogP contribution in [-0.2, 0) is 0 Å². The van der Waals surface area contributed by atoms with E-state index in [2.05, 4.69) is 549 Å². The average molecular weight is 1910 g/mol. The number of benzene rings is 25. The van der Waals surface area contributed by atoms with Gasteiger partial charge in [0.2, 0.25) is 0 Å². The second-order valence-corrected chi connectivity index (χ2v) is 38.7. The third-order valence-electron chi connectivity index (χ3n) is 29.9. The van der Waals surface area contributed by atoms with Crippen molar-refractivity contribution < 1.29 is 0 Å². The Kier molecular flexibility index (Phi) is 24.2. The lowest BCUT2D eigenvalue weighted by molar-refractivity contribution is 1.33. The van der Waals surface area contributed by atoms with Crippen LogP contribution in [0.4, 0.5) is 0 Å². The molecule has 700 valence electrons. The maximum Gasteiger partial charge on any atom is 0.0701 e. The summed E-state index contributed by atoms with van der Waals surface area (Å²) in [6, 6.07) is 203. The Hall–Kier alpha value is -19.7. The number of pyridine rings is 3. The SMILES string of the molecule is c1ccc(-c2c3ccccc3c(-c3ccc4ccccc4c3)c3cc(-c4ccc(-c5cccnc5)cc4)ccc23)cc1.c1ccc(-c2ccc(-c3c4ccccc4c(-c4ccc(-c5ccccc5)cc4)c4cc(-c5ccc(-c6cccnc6)cc5)ccc34)cc2)cc1.c1ccc(-c2ccc(-c3ccc4c(-c5ccc(-c6ccc7ccccc7c6)cc5)c5ccccc5c(-c5ccc(-c6ccc7ccccc7c6)cc5)c4c3)cc2)nc1. The first-order chi connectivity index (χ1) is 74.4. The van der Waals surface area contributed by atoms with Crippen LogP contribution in [0.25, 0.3) is 275 Å². The lowest BCUT2D eigenvalue weighted by Crippen LogP contribution is -1.92. The molecule has 0 atom stereocenters. The smallest absolute Gasteiger partial charge is 0.0701 e. The molecule has 25 aromatic carbocycles. The van der Waals surface area contributed by atoms with Crippen molar-refractivity contribution in [1.29, 1.82) is 0 Å². The van der Waals surface area contributed by atoms with Crippen LogP contribution in [0.2, 0.25) is 0 Å². The normalized spacial score (nSPS) is 11.3. The van der Waals surface area contributed by atoms with E-state index in [9.17, 15) is 0 Å². The predicted octanol–water partition coefficient (Wildman–Crippen LogP) is 40.3. The van der Waals surface area contributed by atoms with E-state index < -0.39 is 0 Å². The van der Waals surface area contributed by atoms with Crippen molar-refractivity contribution in [2.24, 2.45) is 0 Å². The Morgan fingerprint density at radius 2 is 0.300 bits per heavy atom. The van der Waals surface area contributed by atoms with Crippen LogP contribution in [0.3, 0.4) is 0 Å². The van der Waals surface area contributed by atoms with Gasteiger partial charge in [0.15, 0.2) is 0 Å². The summed E-state index contributed by atoms with van der Waals surface area (Å²) < 4.78 is 0.